The number of methoxy groups -OCH3 is 1. The van der Waals surface area contributed by atoms with Crippen molar-refractivity contribution in [1.82, 2.24) is 4.98 Å². The molecule has 6 heteroatoms. The van der Waals surface area contributed by atoms with Crippen LogP contribution < -0.4 is 5.32 Å². The fourth-order valence-electron chi connectivity index (χ4n) is 1.69. The van der Waals surface area contributed by atoms with Crippen molar-refractivity contribution in [1.29, 1.82) is 0 Å². The summed E-state index contributed by atoms with van der Waals surface area (Å²) >= 11 is 0. The largest absolute Gasteiger partial charge is 0.381 e. The molecule has 2 rings (SSSR count). The summed E-state index contributed by atoms with van der Waals surface area (Å²) in [5.74, 6) is -0.131. The molecule has 0 radical (unpaired) electrons. The van der Waals surface area contributed by atoms with Crippen LogP contribution in [0.3, 0.4) is 0 Å². The van der Waals surface area contributed by atoms with Crippen molar-refractivity contribution in [3.05, 3.63) is 28.4 Å². The zero-order valence-electron chi connectivity index (χ0n) is 8.92. The molecule has 0 saturated heterocycles. The fraction of sp³-hybridized carbons (Fsp3) is 0.500. The molecule has 0 amide bonds. The van der Waals surface area contributed by atoms with Crippen LogP contribution in [0.5, 0.6) is 0 Å². The lowest BCUT2D eigenvalue weighted by atomic mass is 9.89. The van der Waals surface area contributed by atoms with Crippen LogP contribution in [0, 0.1) is 10.1 Å². The first-order chi connectivity index (χ1) is 7.69. The van der Waals surface area contributed by atoms with Gasteiger partial charge in [-0.2, -0.15) is 0 Å². The van der Waals surface area contributed by atoms with E-state index in [9.17, 15) is 10.1 Å². The quantitative estimate of drug-likeness (QED) is 0.619. The van der Waals surface area contributed by atoms with Crippen molar-refractivity contribution in [3.63, 3.8) is 0 Å². The van der Waals surface area contributed by atoms with Crippen molar-refractivity contribution in [3.8, 4) is 0 Å². The first kappa shape index (κ1) is 10.8. The Bertz CT molecular complexity index is 373. The number of pyridine rings is 1. The SMILES string of the molecule is COC1CC(Nc2ccc([N+](=O)[O-])nc2)C1. The number of ether oxygens (including phenoxy) is 1. The molecule has 0 bridgehead atoms. The average Bonchev–Trinajstić information content (AvgIpc) is 2.23. The molecule has 0 spiro atoms. The van der Waals surface area contributed by atoms with Gasteiger partial charge < -0.3 is 20.2 Å². The van der Waals surface area contributed by atoms with Gasteiger partial charge in [-0.05, 0) is 28.8 Å². The maximum Gasteiger partial charge on any atom is 0.363 e. The summed E-state index contributed by atoms with van der Waals surface area (Å²) in [5, 5.41) is 13.6. The zero-order valence-corrected chi connectivity index (χ0v) is 8.92. The van der Waals surface area contributed by atoms with E-state index in [0.717, 1.165) is 18.5 Å². The maximum atomic E-state index is 10.4. The van der Waals surface area contributed by atoms with Gasteiger partial charge in [0.25, 0.3) is 0 Å². The number of hydrogen-bond donors (Lipinski definition) is 1. The second kappa shape index (κ2) is 4.44. The van der Waals surface area contributed by atoms with Crippen LogP contribution in [0.4, 0.5) is 11.5 Å². The second-order valence-corrected chi connectivity index (χ2v) is 3.83. The molecule has 0 aliphatic heterocycles. The summed E-state index contributed by atoms with van der Waals surface area (Å²) in [6.07, 6.45) is 3.75. The van der Waals surface area contributed by atoms with Gasteiger partial charge in [0.05, 0.1) is 11.8 Å². The normalized spacial score (nSPS) is 23.6. The van der Waals surface area contributed by atoms with Gasteiger partial charge in [-0.15, -0.1) is 0 Å². The summed E-state index contributed by atoms with van der Waals surface area (Å²) in [4.78, 5) is 13.6. The number of aromatic nitrogens is 1. The maximum absolute atomic E-state index is 10.4. The van der Waals surface area contributed by atoms with Crippen LogP contribution in [-0.4, -0.2) is 29.2 Å². The minimum atomic E-state index is -0.506. The minimum Gasteiger partial charge on any atom is -0.381 e. The third-order valence-corrected chi connectivity index (χ3v) is 2.73. The summed E-state index contributed by atoms with van der Waals surface area (Å²) in [6.45, 7) is 0. The summed E-state index contributed by atoms with van der Waals surface area (Å²) in [6, 6.07) is 3.45. The number of nitrogens with zero attached hydrogens (tertiary/aromatic N) is 2. The Morgan fingerprint density at radius 3 is 2.81 bits per heavy atom. The Kier molecular flexibility index (Phi) is 3.00. The van der Waals surface area contributed by atoms with Crippen molar-refractivity contribution in [2.75, 3.05) is 12.4 Å². The Morgan fingerprint density at radius 2 is 2.31 bits per heavy atom. The van der Waals surface area contributed by atoms with E-state index in [1.807, 2.05) is 0 Å². The van der Waals surface area contributed by atoms with E-state index in [0.29, 0.717) is 12.1 Å². The van der Waals surface area contributed by atoms with Crippen molar-refractivity contribution < 1.29 is 9.66 Å². The molecular formula is C10H13N3O3. The molecular weight excluding hydrogens is 210 g/mol. The highest BCUT2D eigenvalue weighted by atomic mass is 16.6. The van der Waals surface area contributed by atoms with Gasteiger partial charge in [0, 0.05) is 19.2 Å². The first-order valence-corrected chi connectivity index (χ1v) is 5.09. The van der Waals surface area contributed by atoms with E-state index in [-0.39, 0.29) is 5.82 Å². The van der Waals surface area contributed by atoms with Crippen LogP contribution >= 0.6 is 0 Å². The van der Waals surface area contributed by atoms with Gasteiger partial charge in [0.1, 0.15) is 0 Å². The van der Waals surface area contributed by atoms with E-state index in [2.05, 4.69) is 10.3 Å². The van der Waals surface area contributed by atoms with Crippen LogP contribution in [-0.2, 0) is 4.74 Å². The molecule has 6 nitrogen and oxygen atoms in total. The Labute approximate surface area is 92.8 Å². The number of rotatable bonds is 4. The number of nitrogens with one attached hydrogen (secondary N) is 1. The molecule has 1 aliphatic carbocycles. The third kappa shape index (κ3) is 2.27. The molecule has 1 aromatic heterocycles. The molecule has 1 aromatic rings. The van der Waals surface area contributed by atoms with Gasteiger partial charge in [-0.3, -0.25) is 0 Å². The molecule has 0 aromatic carbocycles. The van der Waals surface area contributed by atoms with Gasteiger partial charge in [0.15, 0.2) is 6.20 Å². The van der Waals surface area contributed by atoms with Gasteiger partial charge >= 0.3 is 5.82 Å². The van der Waals surface area contributed by atoms with Crippen LogP contribution in [0.15, 0.2) is 18.3 Å². The highest BCUT2D eigenvalue weighted by molar-refractivity contribution is 5.44. The molecule has 0 atom stereocenters. The molecule has 1 heterocycles. The van der Waals surface area contributed by atoms with Crippen molar-refractivity contribution in [2.45, 2.75) is 25.0 Å². The predicted octanol–water partition coefficient (Wildman–Crippen LogP) is 1.58. The van der Waals surface area contributed by atoms with Gasteiger partial charge in [0.2, 0.25) is 0 Å². The standard InChI is InChI=1S/C10H13N3O3/c1-16-9-4-8(5-9)12-7-2-3-10(11-6-7)13(14)15/h2-3,6,8-9,12H,4-5H2,1H3. The number of hydrogen-bond acceptors (Lipinski definition) is 5. The highest BCUT2D eigenvalue weighted by Gasteiger charge is 2.28. The van der Waals surface area contributed by atoms with E-state index >= 15 is 0 Å². The lowest BCUT2D eigenvalue weighted by molar-refractivity contribution is -0.389. The predicted molar refractivity (Wildman–Crippen MR) is 58.3 cm³/mol. The van der Waals surface area contributed by atoms with Crippen molar-refractivity contribution >= 4 is 11.5 Å². The van der Waals surface area contributed by atoms with Crippen LogP contribution in [0.25, 0.3) is 0 Å². The average molecular weight is 223 g/mol. The van der Waals surface area contributed by atoms with Gasteiger partial charge in [-0.1, -0.05) is 0 Å². The van der Waals surface area contributed by atoms with Gasteiger partial charge in [-0.25, -0.2) is 0 Å². The second-order valence-electron chi connectivity index (χ2n) is 3.83. The zero-order chi connectivity index (χ0) is 11.5. The van der Waals surface area contributed by atoms with E-state index in [1.54, 1.807) is 13.2 Å². The monoisotopic (exact) mass is 223 g/mol. The van der Waals surface area contributed by atoms with E-state index in [1.165, 1.54) is 12.3 Å². The molecule has 1 aliphatic rings. The lowest BCUT2D eigenvalue weighted by Crippen LogP contribution is -2.40. The highest BCUT2D eigenvalue weighted by Crippen LogP contribution is 2.26. The number of nitro groups is 1. The molecule has 16 heavy (non-hydrogen) atoms. The lowest BCUT2D eigenvalue weighted by Gasteiger charge is -2.34. The summed E-state index contributed by atoms with van der Waals surface area (Å²) in [7, 11) is 1.70. The van der Waals surface area contributed by atoms with Crippen molar-refractivity contribution in [2.24, 2.45) is 0 Å². The fourth-order valence-corrected chi connectivity index (χ4v) is 1.69. The smallest absolute Gasteiger partial charge is 0.363 e. The molecule has 1 fully saturated rings. The molecule has 1 saturated carbocycles. The molecule has 1 N–H and O–H groups in total. The Morgan fingerprint density at radius 1 is 1.56 bits per heavy atom. The molecule has 86 valence electrons. The van der Waals surface area contributed by atoms with E-state index < -0.39 is 4.92 Å². The molecule has 0 unspecified atom stereocenters. The Hall–Kier alpha value is -1.69. The first-order valence-electron chi connectivity index (χ1n) is 5.09. The number of anilines is 1. The van der Waals surface area contributed by atoms with E-state index in [4.69, 9.17) is 4.74 Å². The van der Waals surface area contributed by atoms with Crippen LogP contribution in [0.2, 0.25) is 0 Å². The topological polar surface area (TPSA) is 77.3 Å². The van der Waals surface area contributed by atoms with Crippen LogP contribution in [0.1, 0.15) is 12.8 Å². The Balaban J connectivity index is 1.89. The third-order valence-electron chi connectivity index (χ3n) is 2.73. The minimum absolute atomic E-state index is 0.131. The summed E-state index contributed by atoms with van der Waals surface area (Å²) in [5.41, 5.74) is 0.810. The summed E-state index contributed by atoms with van der Waals surface area (Å²) < 4.78 is 5.16.